The first kappa shape index (κ1) is 43.2. The number of alkyl carbamates (subject to hydrolysis) is 1. The molecule has 0 saturated heterocycles. The lowest BCUT2D eigenvalue weighted by atomic mass is 9.99. The van der Waals surface area contributed by atoms with Crippen LogP contribution in [0.5, 0.6) is 0 Å². The first-order chi connectivity index (χ1) is 24.3. The number of hydrogen-bond acceptors (Lipinski definition) is 9. The van der Waals surface area contributed by atoms with Gasteiger partial charge in [-0.2, -0.15) is 0 Å². The maximum absolute atomic E-state index is 14.0. The first-order valence-electron chi connectivity index (χ1n) is 17.4. The summed E-state index contributed by atoms with van der Waals surface area (Å²) in [5.74, 6) is -3.12. The number of methoxy groups -OCH3 is 1. The van der Waals surface area contributed by atoms with Crippen LogP contribution in [0.1, 0.15) is 77.7 Å². The minimum absolute atomic E-state index is 0.0858. The summed E-state index contributed by atoms with van der Waals surface area (Å²) in [4.78, 5) is 80.3. The molecule has 6 amide bonds. The molecule has 2 aromatic carbocycles. The van der Waals surface area contributed by atoms with Crippen molar-refractivity contribution in [2.24, 2.45) is 11.8 Å². The Morgan fingerprint density at radius 3 is 1.88 bits per heavy atom. The van der Waals surface area contributed by atoms with E-state index >= 15 is 0 Å². The normalized spacial score (nSPS) is 14.2. The topological polar surface area (TPSA) is 192 Å². The maximum Gasteiger partial charge on any atom is 0.408 e. The highest BCUT2D eigenvalue weighted by atomic mass is 16.6. The monoisotopic (exact) mass is 725 g/mol. The first-order valence-corrected chi connectivity index (χ1v) is 17.4. The van der Waals surface area contributed by atoms with Crippen molar-refractivity contribution in [2.45, 2.75) is 104 Å². The Balaban J connectivity index is 2.44. The van der Waals surface area contributed by atoms with E-state index in [4.69, 9.17) is 9.47 Å². The molecule has 2 rings (SSSR count). The number of hydrogen-bond donors (Lipinski definition) is 5. The van der Waals surface area contributed by atoms with E-state index in [2.05, 4.69) is 21.3 Å². The summed E-state index contributed by atoms with van der Waals surface area (Å²) in [5.41, 5.74) is 0.0802. The molecule has 0 heterocycles. The van der Waals surface area contributed by atoms with E-state index in [1.807, 2.05) is 19.9 Å². The van der Waals surface area contributed by atoms with E-state index in [0.29, 0.717) is 0 Å². The van der Waals surface area contributed by atoms with Gasteiger partial charge in [0.2, 0.25) is 11.8 Å². The van der Waals surface area contributed by atoms with E-state index in [0.717, 1.165) is 10.5 Å². The number of ether oxygens (including phenoxy) is 2. The van der Waals surface area contributed by atoms with E-state index in [1.165, 1.54) is 26.2 Å². The van der Waals surface area contributed by atoms with Crippen molar-refractivity contribution in [1.82, 2.24) is 26.2 Å². The lowest BCUT2D eigenvalue weighted by Crippen LogP contribution is -2.59. The smallest absolute Gasteiger partial charge is 0.408 e. The second kappa shape index (κ2) is 20.2. The lowest BCUT2D eigenvalue weighted by Gasteiger charge is -2.31. The number of carbonyl (C=O) groups is 6. The Kier molecular flexibility index (Phi) is 16.7. The van der Waals surface area contributed by atoms with Gasteiger partial charge in [0.25, 0.3) is 5.91 Å². The molecule has 0 saturated carbocycles. The average Bonchev–Trinajstić information content (AvgIpc) is 3.07. The summed E-state index contributed by atoms with van der Waals surface area (Å²) in [5, 5.41) is 22.2. The summed E-state index contributed by atoms with van der Waals surface area (Å²) >= 11 is 0. The molecule has 14 nitrogen and oxygen atoms in total. The second-order valence-electron chi connectivity index (χ2n) is 14.4. The summed E-state index contributed by atoms with van der Waals surface area (Å²) < 4.78 is 10.1. The number of carbonyl (C=O) groups excluding carboxylic acids is 6. The van der Waals surface area contributed by atoms with Crippen molar-refractivity contribution in [3.8, 4) is 0 Å². The van der Waals surface area contributed by atoms with Gasteiger partial charge in [-0.25, -0.2) is 14.4 Å². The van der Waals surface area contributed by atoms with Crippen LogP contribution in [0.25, 0.3) is 0 Å². The third-order valence-corrected chi connectivity index (χ3v) is 7.84. The van der Waals surface area contributed by atoms with Gasteiger partial charge in [-0.1, -0.05) is 76.2 Å². The van der Waals surface area contributed by atoms with E-state index in [9.17, 15) is 33.9 Å². The molecule has 14 heteroatoms. The highest BCUT2D eigenvalue weighted by molar-refractivity contribution is 6.05. The Bertz CT molecular complexity index is 1500. The molecular weight excluding hydrogens is 670 g/mol. The predicted octanol–water partition coefficient (Wildman–Crippen LogP) is 3.57. The minimum Gasteiger partial charge on any atom is -0.467 e. The zero-order chi connectivity index (χ0) is 39.2. The van der Waals surface area contributed by atoms with Gasteiger partial charge in [-0.3, -0.25) is 19.3 Å². The van der Waals surface area contributed by atoms with Gasteiger partial charge in [0.15, 0.2) is 0 Å². The van der Waals surface area contributed by atoms with Gasteiger partial charge < -0.3 is 35.8 Å². The molecule has 0 radical (unpaired) electrons. The van der Waals surface area contributed by atoms with Crippen LogP contribution in [0.3, 0.4) is 0 Å². The van der Waals surface area contributed by atoms with Crippen molar-refractivity contribution < 1.29 is 43.3 Å². The predicted molar refractivity (Wildman–Crippen MR) is 195 cm³/mol. The van der Waals surface area contributed by atoms with Crippen LogP contribution in [-0.2, 0) is 30.3 Å². The Morgan fingerprint density at radius 2 is 1.37 bits per heavy atom. The Labute approximate surface area is 306 Å². The Morgan fingerprint density at radius 1 is 0.788 bits per heavy atom. The molecule has 0 fully saturated rings. The number of benzene rings is 2. The highest BCUT2D eigenvalue weighted by Crippen LogP contribution is 2.14. The van der Waals surface area contributed by atoms with Gasteiger partial charge in [0.05, 0.1) is 25.8 Å². The van der Waals surface area contributed by atoms with Crippen LogP contribution in [0.15, 0.2) is 60.7 Å². The van der Waals surface area contributed by atoms with Crippen molar-refractivity contribution in [1.29, 1.82) is 0 Å². The fraction of sp³-hybridized carbons (Fsp3) is 0.526. The SMILES string of the molecule is COC(=O)[C@H](NC(=O)[C@@H](CC(C)C)NC(=O)N(C[C@@H](O)[C@@H](Cc1ccccc1)NC(=O)[C@@H](C)NC(=O)OC(C)(C)C)C(=O)c1ccccc1)C(C)C. The molecule has 2 aromatic rings. The third-order valence-electron chi connectivity index (χ3n) is 7.84. The molecule has 52 heavy (non-hydrogen) atoms. The van der Waals surface area contributed by atoms with Crippen molar-refractivity contribution in [3.05, 3.63) is 71.8 Å². The number of rotatable bonds is 16. The fourth-order valence-corrected chi connectivity index (χ4v) is 5.13. The van der Waals surface area contributed by atoms with Crippen molar-refractivity contribution in [2.75, 3.05) is 13.7 Å². The van der Waals surface area contributed by atoms with Crippen LogP contribution in [0.4, 0.5) is 9.59 Å². The number of nitrogens with one attached hydrogen (secondary N) is 4. The minimum atomic E-state index is -1.52. The molecular formula is C38H55N5O9. The second-order valence-corrected chi connectivity index (χ2v) is 14.4. The number of nitrogens with zero attached hydrogens (tertiary/aromatic N) is 1. The van der Waals surface area contributed by atoms with Gasteiger partial charge in [0.1, 0.15) is 23.7 Å². The van der Waals surface area contributed by atoms with E-state index in [1.54, 1.807) is 77.1 Å². The molecule has 5 atom stereocenters. The van der Waals surface area contributed by atoms with Crippen LogP contribution in [0, 0.1) is 11.8 Å². The van der Waals surface area contributed by atoms with Gasteiger partial charge in [-0.05, 0) is 70.1 Å². The van der Waals surface area contributed by atoms with Gasteiger partial charge in [-0.15, -0.1) is 0 Å². The number of aliphatic hydroxyl groups is 1. The van der Waals surface area contributed by atoms with Crippen molar-refractivity contribution >= 4 is 35.8 Å². The van der Waals surface area contributed by atoms with Crippen LogP contribution in [-0.4, -0.2) is 95.3 Å². The average molecular weight is 726 g/mol. The zero-order valence-electron chi connectivity index (χ0n) is 31.6. The summed E-state index contributed by atoms with van der Waals surface area (Å²) in [6.45, 7) is 13.1. The van der Waals surface area contributed by atoms with Crippen LogP contribution < -0.4 is 21.3 Å². The maximum atomic E-state index is 14.0. The zero-order valence-corrected chi connectivity index (χ0v) is 31.6. The third kappa shape index (κ3) is 14.3. The van der Waals surface area contributed by atoms with Gasteiger partial charge >= 0.3 is 18.1 Å². The molecule has 0 bridgehead atoms. The fourth-order valence-electron chi connectivity index (χ4n) is 5.13. The molecule has 5 N–H and O–H groups in total. The van der Waals surface area contributed by atoms with Gasteiger partial charge in [0, 0.05) is 5.56 Å². The van der Waals surface area contributed by atoms with Crippen LogP contribution >= 0.6 is 0 Å². The van der Waals surface area contributed by atoms with E-state index in [-0.39, 0.29) is 30.2 Å². The summed E-state index contributed by atoms with van der Waals surface area (Å²) in [6, 6.07) is 11.7. The van der Waals surface area contributed by atoms with Crippen molar-refractivity contribution in [3.63, 3.8) is 0 Å². The molecule has 0 unspecified atom stereocenters. The molecule has 0 aliphatic carbocycles. The number of imide groups is 1. The van der Waals surface area contributed by atoms with Crippen LogP contribution in [0.2, 0.25) is 0 Å². The molecule has 0 aromatic heterocycles. The largest absolute Gasteiger partial charge is 0.467 e. The molecule has 286 valence electrons. The Hall–Kier alpha value is -4.98. The van der Waals surface area contributed by atoms with E-state index < -0.39 is 78.2 Å². The summed E-state index contributed by atoms with van der Waals surface area (Å²) in [6.07, 6.45) is -2.06. The molecule has 0 aliphatic rings. The molecule has 0 spiro atoms. The standard InChI is InChI=1S/C38H55N5O9/c1-23(2)20-29(33(46)42-31(24(3)4)35(48)51-9)41-36(49)43(34(47)27-18-14-11-15-19-27)22-30(44)28(21-26-16-12-10-13-17-26)40-32(45)25(5)39-37(50)52-38(6,7)8/h10-19,23-25,28-31,44H,20-22H2,1-9H3,(H,39,50)(H,40,45)(H,41,49)(H,42,46)/t25-,28-,29-,30-,31-/m1/s1. The lowest BCUT2D eigenvalue weighted by molar-refractivity contribution is -0.146. The highest BCUT2D eigenvalue weighted by Gasteiger charge is 2.35. The number of amides is 6. The molecule has 0 aliphatic heterocycles. The quantitative estimate of drug-likeness (QED) is 0.161. The number of urea groups is 1. The summed E-state index contributed by atoms with van der Waals surface area (Å²) in [7, 11) is 1.21. The number of aliphatic hydroxyl groups excluding tert-OH is 1. The number of esters is 1.